The molecule has 0 nitrogen and oxygen atoms in total. The first-order valence-electron chi connectivity index (χ1n) is 4.11. The van der Waals surface area contributed by atoms with Gasteiger partial charge < -0.3 is 0 Å². The Morgan fingerprint density at radius 1 is 1.25 bits per heavy atom. The van der Waals surface area contributed by atoms with Crippen molar-refractivity contribution < 1.29 is 0 Å². The second-order valence-electron chi connectivity index (χ2n) is 3.53. The number of hydrogen-bond acceptors (Lipinski definition) is 1. The Bertz CT molecular complexity index is 221. The maximum atomic E-state index is 4.05. The van der Waals surface area contributed by atoms with Crippen LogP contribution in [0, 0.1) is 6.92 Å². The van der Waals surface area contributed by atoms with E-state index in [-0.39, 0.29) is 4.75 Å². The van der Waals surface area contributed by atoms with E-state index in [1.807, 2.05) is 17.8 Å². The van der Waals surface area contributed by atoms with E-state index in [1.54, 1.807) is 0 Å². The van der Waals surface area contributed by atoms with Gasteiger partial charge in [-0.1, -0.05) is 44.2 Å². The molecule has 1 aromatic rings. The van der Waals surface area contributed by atoms with Crippen molar-refractivity contribution in [2.75, 3.05) is 0 Å². The summed E-state index contributed by atoms with van der Waals surface area (Å²) in [4.78, 5) is 0. The summed E-state index contributed by atoms with van der Waals surface area (Å²) >= 11 is 1.88. The van der Waals surface area contributed by atoms with E-state index < -0.39 is 0 Å². The van der Waals surface area contributed by atoms with Gasteiger partial charge in [0.2, 0.25) is 0 Å². The van der Waals surface area contributed by atoms with Crippen molar-refractivity contribution in [2.24, 2.45) is 0 Å². The zero-order chi connectivity index (χ0) is 9.03. The third-order valence-electron chi connectivity index (χ3n) is 1.47. The van der Waals surface area contributed by atoms with Gasteiger partial charge in [-0.15, -0.1) is 0 Å². The molecule has 0 spiro atoms. The van der Waals surface area contributed by atoms with Crippen LogP contribution >= 0.6 is 11.8 Å². The van der Waals surface area contributed by atoms with Crippen LogP contribution in [0.3, 0.4) is 0 Å². The standard InChI is InChI=1S/C11H15S/c1-11(2,3)12-9-10-7-5-4-6-8-10/h4-8H,1,9H2,2-3H3. The zero-order valence-electron chi connectivity index (χ0n) is 7.71. The summed E-state index contributed by atoms with van der Waals surface area (Å²) < 4.78 is 0.121. The molecule has 1 aromatic carbocycles. The van der Waals surface area contributed by atoms with Crippen LogP contribution < -0.4 is 0 Å². The van der Waals surface area contributed by atoms with Gasteiger partial charge in [0.25, 0.3) is 0 Å². The molecule has 0 amide bonds. The van der Waals surface area contributed by atoms with Gasteiger partial charge in [-0.2, -0.15) is 11.8 Å². The lowest BCUT2D eigenvalue weighted by Crippen LogP contribution is -2.07. The molecule has 1 rings (SSSR count). The van der Waals surface area contributed by atoms with E-state index in [1.165, 1.54) is 5.56 Å². The molecule has 0 aliphatic rings. The fourth-order valence-corrected chi connectivity index (χ4v) is 1.60. The predicted molar refractivity (Wildman–Crippen MR) is 57.2 cm³/mol. The van der Waals surface area contributed by atoms with E-state index in [0.29, 0.717) is 0 Å². The van der Waals surface area contributed by atoms with Crippen molar-refractivity contribution in [2.45, 2.75) is 24.3 Å². The molecule has 0 heterocycles. The molecule has 0 bridgehead atoms. The molecule has 0 fully saturated rings. The van der Waals surface area contributed by atoms with Gasteiger partial charge in [0.1, 0.15) is 0 Å². The van der Waals surface area contributed by atoms with E-state index >= 15 is 0 Å². The maximum absolute atomic E-state index is 4.05. The van der Waals surface area contributed by atoms with Gasteiger partial charge in [-0.3, -0.25) is 0 Å². The van der Waals surface area contributed by atoms with E-state index in [0.717, 1.165) is 5.75 Å². The lowest BCUT2D eigenvalue weighted by atomic mass is 10.2. The molecule has 65 valence electrons. The van der Waals surface area contributed by atoms with Crippen molar-refractivity contribution in [3.05, 3.63) is 42.8 Å². The Morgan fingerprint density at radius 3 is 2.33 bits per heavy atom. The third-order valence-corrected chi connectivity index (χ3v) is 2.73. The fourth-order valence-electron chi connectivity index (χ4n) is 0.853. The van der Waals surface area contributed by atoms with Gasteiger partial charge in [0.05, 0.1) is 0 Å². The number of benzene rings is 1. The molecule has 0 unspecified atom stereocenters. The number of thioether (sulfide) groups is 1. The summed E-state index contributed by atoms with van der Waals surface area (Å²) in [7, 11) is 0. The third kappa shape index (κ3) is 3.82. The monoisotopic (exact) mass is 179 g/mol. The smallest absolute Gasteiger partial charge is 0.0189 e. The highest BCUT2D eigenvalue weighted by molar-refractivity contribution is 7.99. The average Bonchev–Trinajstić information content (AvgIpc) is 2.02. The van der Waals surface area contributed by atoms with Gasteiger partial charge in [-0.05, 0) is 12.5 Å². The summed E-state index contributed by atoms with van der Waals surface area (Å²) in [5.41, 5.74) is 1.37. The average molecular weight is 179 g/mol. The Kier molecular flexibility index (Phi) is 3.21. The lowest BCUT2D eigenvalue weighted by molar-refractivity contribution is 0.893. The van der Waals surface area contributed by atoms with Crippen LogP contribution in [0.25, 0.3) is 0 Å². The van der Waals surface area contributed by atoms with Crippen LogP contribution in [0.5, 0.6) is 0 Å². The minimum atomic E-state index is 0.121. The Hall–Kier alpha value is -0.430. The molecule has 0 aliphatic heterocycles. The summed E-state index contributed by atoms with van der Waals surface area (Å²) in [5.74, 6) is 1.05. The molecule has 1 heteroatoms. The molecule has 0 N–H and O–H groups in total. The second-order valence-corrected chi connectivity index (χ2v) is 5.22. The first-order valence-corrected chi connectivity index (χ1v) is 5.10. The highest BCUT2D eigenvalue weighted by atomic mass is 32.2. The van der Waals surface area contributed by atoms with Crippen LogP contribution in [-0.2, 0) is 5.75 Å². The van der Waals surface area contributed by atoms with Crippen molar-refractivity contribution in [3.8, 4) is 0 Å². The van der Waals surface area contributed by atoms with Crippen LogP contribution in [0.1, 0.15) is 19.4 Å². The molecular weight excluding hydrogens is 164 g/mol. The first-order chi connectivity index (χ1) is 5.58. The van der Waals surface area contributed by atoms with Crippen molar-refractivity contribution in [1.29, 1.82) is 0 Å². The van der Waals surface area contributed by atoms with E-state index in [9.17, 15) is 0 Å². The van der Waals surface area contributed by atoms with E-state index in [4.69, 9.17) is 0 Å². The quantitative estimate of drug-likeness (QED) is 0.684. The number of hydrogen-bond donors (Lipinski definition) is 0. The summed E-state index contributed by atoms with van der Waals surface area (Å²) in [6.45, 7) is 8.33. The SMILES string of the molecule is [CH2]C(C)(C)SCc1ccccc1. The van der Waals surface area contributed by atoms with Crippen LogP contribution in [0.2, 0.25) is 0 Å². The van der Waals surface area contributed by atoms with Crippen LogP contribution in [0.4, 0.5) is 0 Å². The van der Waals surface area contributed by atoms with Gasteiger partial charge in [0.15, 0.2) is 0 Å². The van der Waals surface area contributed by atoms with Gasteiger partial charge in [-0.25, -0.2) is 0 Å². The van der Waals surface area contributed by atoms with Crippen molar-refractivity contribution >= 4 is 11.8 Å². The Balaban J connectivity index is 2.44. The fraction of sp³-hybridized carbons (Fsp3) is 0.364. The Morgan fingerprint density at radius 2 is 1.83 bits per heavy atom. The minimum Gasteiger partial charge on any atom is -0.151 e. The summed E-state index contributed by atoms with van der Waals surface area (Å²) in [6, 6.07) is 10.5. The maximum Gasteiger partial charge on any atom is 0.0189 e. The molecular formula is C11H15S. The predicted octanol–water partition coefficient (Wildman–Crippen LogP) is 3.53. The minimum absolute atomic E-state index is 0.121. The Labute approximate surface area is 79.4 Å². The second kappa shape index (κ2) is 3.99. The molecule has 0 saturated heterocycles. The van der Waals surface area contributed by atoms with E-state index in [2.05, 4.69) is 45.0 Å². The molecule has 12 heavy (non-hydrogen) atoms. The highest BCUT2D eigenvalue weighted by Gasteiger charge is 2.09. The number of rotatable bonds is 3. The molecule has 0 aromatic heterocycles. The van der Waals surface area contributed by atoms with Gasteiger partial charge >= 0.3 is 0 Å². The van der Waals surface area contributed by atoms with Gasteiger partial charge in [0, 0.05) is 10.5 Å². The highest BCUT2D eigenvalue weighted by Crippen LogP contribution is 2.26. The topological polar surface area (TPSA) is 0 Å². The summed E-state index contributed by atoms with van der Waals surface area (Å²) in [5, 5.41) is 0. The normalized spacial score (nSPS) is 11.6. The largest absolute Gasteiger partial charge is 0.151 e. The summed E-state index contributed by atoms with van der Waals surface area (Å²) in [6.07, 6.45) is 0. The lowest BCUT2D eigenvalue weighted by Gasteiger charge is -2.16. The zero-order valence-corrected chi connectivity index (χ0v) is 8.53. The molecule has 0 atom stereocenters. The van der Waals surface area contributed by atoms with Crippen LogP contribution in [0.15, 0.2) is 30.3 Å². The first kappa shape index (κ1) is 9.66. The molecule has 1 radical (unpaired) electrons. The molecule has 0 saturated carbocycles. The molecule has 0 aliphatic carbocycles. The van der Waals surface area contributed by atoms with Crippen molar-refractivity contribution in [3.63, 3.8) is 0 Å². The van der Waals surface area contributed by atoms with Crippen molar-refractivity contribution in [1.82, 2.24) is 0 Å². The van der Waals surface area contributed by atoms with Crippen LogP contribution in [-0.4, -0.2) is 4.75 Å².